The summed E-state index contributed by atoms with van der Waals surface area (Å²) in [5.41, 5.74) is 2.20. The van der Waals surface area contributed by atoms with Crippen LogP contribution >= 0.6 is 38.5 Å². The monoisotopic (exact) mass is 322 g/mol. The van der Waals surface area contributed by atoms with Gasteiger partial charge >= 0.3 is 0 Å². The average Bonchev–Trinajstić information content (AvgIpc) is 2.33. The Labute approximate surface area is 86.0 Å². The normalized spacial score (nSPS) is 10.7. The van der Waals surface area contributed by atoms with Gasteiger partial charge in [-0.3, -0.25) is 0 Å². The summed E-state index contributed by atoms with van der Waals surface area (Å²) in [6, 6.07) is 2.09. The third-order valence-corrected chi connectivity index (χ3v) is 2.72. The molecule has 0 amide bonds. The van der Waals surface area contributed by atoms with E-state index < -0.39 is 0 Å². The number of aromatic amines is 1. The topological polar surface area (TPSA) is 28.7 Å². The van der Waals surface area contributed by atoms with E-state index in [1.165, 1.54) is 3.57 Å². The molecule has 0 spiro atoms. The fraction of sp³-hybridized carbons (Fsp3) is 0. The number of aromatic nitrogens is 2. The van der Waals surface area contributed by atoms with Gasteiger partial charge in [0.25, 0.3) is 0 Å². The van der Waals surface area contributed by atoms with Crippen molar-refractivity contribution in [3.8, 4) is 11.3 Å². The van der Waals surface area contributed by atoms with E-state index in [0.29, 0.717) is 0 Å². The zero-order valence-electron chi connectivity index (χ0n) is 5.44. The maximum atomic E-state index is 4.12. The molecule has 1 N–H and O–H groups in total. The number of pyridine rings is 1. The number of hydrogen-bond donors (Lipinski definition) is 1. The van der Waals surface area contributed by atoms with Gasteiger partial charge in [0.2, 0.25) is 0 Å². The maximum Gasteiger partial charge on any atom is 0.115 e. The number of H-pyrrole nitrogens is 1. The zero-order chi connectivity index (χ0) is 7.84. The predicted octanol–water partition coefficient (Wildman–Crippen LogP) is 2.88. The van der Waals surface area contributed by atoms with Gasteiger partial charge in [-0.1, -0.05) is 0 Å². The van der Waals surface area contributed by atoms with E-state index in [9.17, 15) is 0 Å². The highest BCUT2D eigenvalue weighted by Crippen LogP contribution is 2.28. The lowest BCUT2D eigenvalue weighted by atomic mass is 10.2. The summed E-state index contributed by atoms with van der Waals surface area (Å²) in [6.45, 7) is 0. The number of nitrogens with one attached hydrogen (secondary N) is 1. The minimum Gasteiger partial charge on any atom is -0.359 e. The molecule has 0 aromatic carbocycles. The van der Waals surface area contributed by atoms with Gasteiger partial charge in [-0.15, -0.1) is 0 Å². The minimum absolute atomic E-state index is 0.905. The van der Waals surface area contributed by atoms with Crippen LogP contribution in [0.1, 0.15) is 0 Å². The summed E-state index contributed by atoms with van der Waals surface area (Å²) in [5, 5.41) is 0. The van der Waals surface area contributed by atoms with Gasteiger partial charge in [0.05, 0.1) is 11.9 Å². The molecule has 0 aliphatic carbocycles. The van der Waals surface area contributed by atoms with Crippen LogP contribution in [0.25, 0.3) is 11.3 Å². The first-order valence-electron chi connectivity index (χ1n) is 3.05. The molecule has 2 heterocycles. The van der Waals surface area contributed by atoms with E-state index in [-0.39, 0.29) is 0 Å². The van der Waals surface area contributed by atoms with E-state index in [1.54, 1.807) is 0 Å². The standard InChI is InChI=1S/C7H4BrIN2/c8-7-5-1-4(9)2-10-6(5)3-11-7/h1-3,10H. The largest absolute Gasteiger partial charge is 0.359 e. The summed E-state index contributed by atoms with van der Waals surface area (Å²) in [5.74, 6) is 0. The molecule has 0 saturated carbocycles. The van der Waals surface area contributed by atoms with Crippen LogP contribution in [0.2, 0.25) is 0 Å². The van der Waals surface area contributed by atoms with Crippen molar-refractivity contribution in [1.82, 2.24) is 9.97 Å². The van der Waals surface area contributed by atoms with Crippen LogP contribution in [0, 0.1) is 3.57 Å². The Bertz CT molecular complexity index is 358. The van der Waals surface area contributed by atoms with Gasteiger partial charge in [0.15, 0.2) is 0 Å². The van der Waals surface area contributed by atoms with Crippen molar-refractivity contribution in [2.75, 3.05) is 0 Å². The highest BCUT2D eigenvalue weighted by Gasteiger charge is 2.08. The molecule has 11 heavy (non-hydrogen) atoms. The second-order valence-corrected chi connectivity index (χ2v) is 4.19. The van der Waals surface area contributed by atoms with E-state index in [4.69, 9.17) is 0 Å². The molecule has 0 bridgehead atoms. The van der Waals surface area contributed by atoms with Crippen molar-refractivity contribution in [2.24, 2.45) is 0 Å². The SMILES string of the molecule is Brc1ncc2[nH]cc(I)cc1-2. The van der Waals surface area contributed by atoms with Crippen LogP contribution in [0.15, 0.2) is 23.1 Å². The summed E-state index contributed by atoms with van der Waals surface area (Å²) < 4.78 is 2.09. The Balaban J connectivity index is 2.76. The number of hydrogen-bond acceptors (Lipinski definition) is 1. The van der Waals surface area contributed by atoms with Gasteiger partial charge in [-0.05, 0) is 44.6 Å². The van der Waals surface area contributed by atoms with Crippen LogP contribution in [0.4, 0.5) is 0 Å². The lowest BCUT2D eigenvalue weighted by Gasteiger charge is -1.98. The van der Waals surface area contributed by atoms with Gasteiger partial charge < -0.3 is 4.98 Å². The third-order valence-electron chi connectivity index (χ3n) is 1.47. The molecular weight excluding hydrogens is 319 g/mol. The van der Waals surface area contributed by atoms with E-state index in [2.05, 4.69) is 54.6 Å². The summed E-state index contributed by atoms with van der Waals surface area (Å²) >= 11 is 5.63. The first-order valence-corrected chi connectivity index (χ1v) is 4.92. The van der Waals surface area contributed by atoms with Crippen LogP contribution in [-0.4, -0.2) is 9.97 Å². The van der Waals surface area contributed by atoms with Crippen molar-refractivity contribution < 1.29 is 0 Å². The van der Waals surface area contributed by atoms with Gasteiger partial charge in [-0.25, -0.2) is 4.98 Å². The lowest BCUT2D eigenvalue weighted by molar-refractivity contribution is 1.31. The number of nitrogens with zero attached hydrogens (tertiary/aromatic N) is 1. The summed E-state index contributed by atoms with van der Waals surface area (Å²) in [4.78, 5) is 7.26. The Morgan fingerprint density at radius 1 is 1.55 bits per heavy atom. The molecule has 2 aliphatic heterocycles. The van der Waals surface area contributed by atoms with Gasteiger partial charge in [0, 0.05) is 15.3 Å². The van der Waals surface area contributed by atoms with Crippen LogP contribution in [0.5, 0.6) is 0 Å². The molecule has 0 atom stereocenters. The molecule has 56 valence electrons. The van der Waals surface area contributed by atoms with E-state index >= 15 is 0 Å². The highest BCUT2D eigenvalue weighted by atomic mass is 127. The molecule has 0 fully saturated rings. The third kappa shape index (κ3) is 1.29. The fourth-order valence-electron chi connectivity index (χ4n) is 0.950. The molecule has 4 heteroatoms. The first kappa shape index (κ1) is 7.54. The number of rotatable bonds is 0. The zero-order valence-corrected chi connectivity index (χ0v) is 9.18. The molecule has 0 saturated heterocycles. The van der Waals surface area contributed by atoms with E-state index in [0.717, 1.165) is 15.9 Å². The van der Waals surface area contributed by atoms with Crippen molar-refractivity contribution in [2.45, 2.75) is 0 Å². The molecule has 2 aliphatic rings. The predicted molar refractivity (Wildman–Crippen MR) is 55.6 cm³/mol. The van der Waals surface area contributed by atoms with Crippen LogP contribution < -0.4 is 0 Å². The second-order valence-electron chi connectivity index (χ2n) is 2.19. The molecule has 2 nitrogen and oxygen atoms in total. The Morgan fingerprint density at radius 2 is 2.36 bits per heavy atom. The summed E-state index contributed by atoms with van der Waals surface area (Å²) in [6.07, 6.45) is 3.77. The van der Waals surface area contributed by atoms with Gasteiger partial charge in [0.1, 0.15) is 4.60 Å². The lowest BCUT2D eigenvalue weighted by Crippen LogP contribution is -1.81. The maximum absolute atomic E-state index is 4.12. The Morgan fingerprint density at radius 3 is 3.18 bits per heavy atom. The second kappa shape index (κ2) is 2.75. The van der Waals surface area contributed by atoms with E-state index in [1.807, 2.05) is 12.4 Å². The van der Waals surface area contributed by atoms with Crippen molar-refractivity contribution in [3.05, 3.63) is 26.6 Å². The average molecular weight is 323 g/mol. The van der Waals surface area contributed by atoms with Gasteiger partial charge in [-0.2, -0.15) is 0 Å². The molecule has 0 radical (unpaired) electrons. The molecule has 0 aromatic heterocycles. The van der Waals surface area contributed by atoms with Crippen LogP contribution in [0.3, 0.4) is 0 Å². The molecule has 0 aromatic rings. The highest BCUT2D eigenvalue weighted by molar-refractivity contribution is 14.1. The Hall–Kier alpha value is -0.100. The van der Waals surface area contributed by atoms with Crippen LogP contribution in [-0.2, 0) is 0 Å². The van der Waals surface area contributed by atoms with Crippen molar-refractivity contribution in [1.29, 1.82) is 0 Å². The van der Waals surface area contributed by atoms with Crippen molar-refractivity contribution >= 4 is 38.5 Å². The molecule has 2 rings (SSSR count). The molecule has 0 unspecified atom stereocenters. The quantitative estimate of drug-likeness (QED) is 0.742. The number of fused-ring (bicyclic) bond motifs is 1. The molecular formula is C7H4BrIN2. The minimum atomic E-state index is 0.905. The Kier molecular flexibility index (Phi) is 1.88. The first-order chi connectivity index (χ1) is 5.27. The number of halogens is 2. The summed E-state index contributed by atoms with van der Waals surface area (Å²) in [7, 11) is 0. The fourth-order valence-corrected chi connectivity index (χ4v) is 1.85. The smallest absolute Gasteiger partial charge is 0.115 e. The van der Waals surface area contributed by atoms with Crippen molar-refractivity contribution in [3.63, 3.8) is 0 Å².